The van der Waals surface area contributed by atoms with Crippen molar-refractivity contribution in [2.75, 3.05) is 30.6 Å². The first-order chi connectivity index (χ1) is 17.0. The van der Waals surface area contributed by atoms with Gasteiger partial charge in [-0.05, 0) is 55.6 Å². The molecule has 36 heavy (non-hydrogen) atoms. The van der Waals surface area contributed by atoms with Gasteiger partial charge in [-0.15, -0.1) is 0 Å². The van der Waals surface area contributed by atoms with Gasteiger partial charge < -0.3 is 38.3 Å². The van der Waals surface area contributed by atoms with Gasteiger partial charge in [0, 0.05) is 6.54 Å². The summed E-state index contributed by atoms with van der Waals surface area (Å²) in [6.45, 7) is 3.91. The standard InChI is InChI=1S/C22H43N7O5S2/c1-5-13(2)17(21(33)34)29-20(32)16(9-12-36-4)28-19(31)15(8-11-35-3)27-18(30)14(23)7-6-10-26-22(24)25/h13-17H,5-12,23H2,1-4H3,(H,27,30)(H,28,31)(H,29,32)(H,33,34)(H4,24,25,26). The first kappa shape index (κ1) is 33.8. The highest BCUT2D eigenvalue weighted by molar-refractivity contribution is 7.98. The van der Waals surface area contributed by atoms with E-state index in [0.29, 0.717) is 50.2 Å². The minimum Gasteiger partial charge on any atom is -0.480 e. The van der Waals surface area contributed by atoms with E-state index >= 15 is 0 Å². The summed E-state index contributed by atoms with van der Waals surface area (Å²) in [6, 6.07) is -3.77. The molecule has 5 atom stereocenters. The zero-order valence-corrected chi connectivity index (χ0v) is 23.3. The van der Waals surface area contributed by atoms with Crippen LogP contribution in [0.2, 0.25) is 0 Å². The number of amides is 3. The lowest BCUT2D eigenvalue weighted by Crippen LogP contribution is -2.58. The van der Waals surface area contributed by atoms with Gasteiger partial charge in [0.05, 0.1) is 6.04 Å². The molecule has 0 aliphatic carbocycles. The monoisotopic (exact) mass is 549 g/mol. The summed E-state index contributed by atoms with van der Waals surface area (Å²) < 4.78 is 0. The van der Waals surface area contributed by atoms with Gasteiger partial charge in [0.2, 0.25) is 17.7 Å². The molecule has 0 aromatic rings. The minimum absolute atomic E-state index is 0.0410. The van der Waals surface area contributed by atoms with E-state index in [4.69, 9.17) is 17.2 Å². The minimum atomic E-state index is -1.13. The number of hydrogen-bond donors (Lipinski definition) is 7. The van der Waals surface area contributed by atoms with Crippen molar-refractivity contribution >= 4 is 53.2 Å². The Morgan fingerprint density at radius 1 is 0.889 bits per heavy atom. The van der Waals surface area contributed by atoms with Crippen molar-refractivity contribution in [3.05, 3.63) is 0 Å². The Bertz CT molecular complexity index is 738. The average Bonchev–Trinajstić information content (AvgIpc) is 2.83. The van der Waals surface area contributed by atoms with E-state index < -0.39 is 47.9 Å². The number of hydrogen-bond acceptors (Lipinski definition) is 8. The molecule has 0 aliphatic rings. The van der Waals surface area contributed by atoms with Crippen LogP contribution in [0.3, 0.4) is 0 Å². The Hall–Kier alpha value is -2.19. The highest BCUT2D eigenvalue weighted by atomic mass is 32.2. The molecule has 0 radical (unpaired) electrons. The zero-order chi connectivity index (χ0) is 27.7. The molecule has 10 N–H and O–H groups in total. The molecule has 0 aromatic carbocycles. The molecule has 0 saturated heterocycles. The lowest BCUT2D eigenvalue weighted by molar-refractivity contribution is -0.143. The SMILES string of the molecule is CCC(C)C(NC(=O)C(CCSC)NC(=O)C(CCSC)NC(=O)C(N)CCCN=C(N)N)C(=O)O. The van der Waals surface area contributed by atoms with E-state index in [1.807, 2.05) is 19.4 Å². The fraction of sp³-hybridized carbons (Fsp3) is 0.773. The molecule has 0 rings (SSSR count). The van der Waals surface area contributed by atoms with Gasteiger partial charge in [-0.1, -0.05) is 20.3 Å². The molecule has 0 aromatic heterocycles. The van der Waals surface area contributed by atoms with E-state index in [0.717, 1.165) is 0 Å². The second-order valence-electron chi connectivity index (χ2n) is 8.45. The van der Waals surface area contributed by atoms with Crippen molar-refractivity contribution in [1.29, 1.82) is 0 Å². The van der Waals surface area contributed by atoms with Crippen LogP contribution in [-0.2, 0) is 19.2 Å². The molecule has 0 bridgehead atoms. The molecule has 14 heteroatoms. The van der Waals surface area contributed by atoms with Gasteiger partial charge in [0.15, 0.2) is 5.96 Å². The Morgan fingerprint density at radius 3 is 1.83 bits per heavy atom. The van der Waals surface area contributed by atoms with E-state index in [-0.39, 0.29) is 11.9 Å². The van der Waals surface area contributed by atoms with Gasteiger partial charge >= 0.3 is 5.97 Å². The molecule has 3 amide bonds. The first-order valence-corrected chi connectivity index (χ1v) is 14.7. The predicted octanol–water partition coefficient (Wildman–Crippen LogP) is -0.541. The van der Waals surface area contributed by atoms with Gasteiger partial charge in [0.1, 0.15) is 18.1 Å². The second-order valence-corrected chi connectivity index (χ2v) is 10.4. The van der Waals surface area contributed by atoms with Crippen LogP contribution in [0.5, 0.6) is 0 Å². The number of nitrogens with two attached hydrogens (primary N) is 3. The molecule has 5 unspecified atom stereocenters. The summed E-state index contributed by atoms with van der Waals surface area (Å²) in [4.78, 5) is 54.2. The van der Waals surface area contributed by atoms with Crippen molar-refractivity contribution < 1.29 is 24.3 Å². The number of carbonyl (C=O) groups excluding carboxylic acids is 3. The average molecular weight is 550 g/mol. The normalized spacial score (nSPS) is 15.0. The number of aliphatic carboxylic acids is 1. The number of carbonyl (C=O) groups is 4. The fourth-order valence-electron chi connectivity index (χ4n) is 3.15. The number of nitrogens with one attached hydrogen (secondary N) is 3. The van der Waals surface area contributed by atoms with Crippen molar-refractivity contribution in [2.45, 2.75) is 70.1 Å². The predicted molar refractivity (Wildman–Crippen MR) is 147 cm³/mol. The summed E-state index contributed by atoms with van der Waals surface area (Å²) in [5, 5.41) is 17.5. The molecule has 0 heterocycles. The molecular formula is C22H43N7O5S2. The Balaban J connectivity index is 5.37. The van der Waals surface area contributed by atoms with Gasteiger partial charge in [-0.2, -0.15) is 23.5 Å². The topological polar surface area (TPSA) is 215 Å². The van der Waals surface area contributed by atoms with Crippen LogP contribution in [0.25, 0.3) is 0 Å². The summed E-state index contributed by atoms with van der Waals surface area (Å²) in [6.07, 6.45) is 5.76. The number of thioether (sulfide) groups is 2. The largest absolute Gasteiger partial charge is 0.480 e. The van der Waals surface area contributed by atoms with Crippen LogP contribution < -0.4 is 33.2 Å². The number of carboxylic acid groups (broad SMARTS) is 1. The van der Waals surface area contributed by atoms with E-state index in [9.17, 15) is 24.3 Å². The maximum Gasteiger partial charge on any atom is 0.326 e. The summed E-state index contributed by atoms with van der Waals surface area (Å²) in [7, 11) is 0. The third-order valence-electron chi connectivity index (χ3n) is 5.57. The van der Waals surface area contributed by atoms with Crippen LogP contribution in [-0.4, -0.2) is 89.5 Å². The maximum absolute atomic E-state index is 13.1. The second kappa shape index (κ2) is 19.0. The number of nitrogens with zero attached hydrogens (tertiary/aromatic N) is 1. The van der Waals surface area contributed by atoms with Crippen molar-refractivity contribution in [1.82, 2.24) is 16.0 Å². The quantitative estimate of drug-likeness (QED) is 0.0620. The van der Waals surface area contributed by atoms with E-state index in [1.54, 1.807) is 6.92 Å². The lowest BCUT2D eigenvalue weighted by Gasteiger charge is -2.26. The Kier molecular flexibility index (Phi) is 17.8. The van der Waals surface area contributed by atoms with Gasteiger partial charge in [-0.3, -0.25) is 19.4 Å². The molecular weight excluding hydrogens is 506 g/mol. The smallest absolute Gasteiger partial charge is 0.326 e. The first-order valence-electron chi connectivity index (χ1n) is 11.9. The third-order valence-corrected chi connectivity index (χ3v) is 6.86. The highest BCUT2D eigenvalue weighted by Crippen LogP contribution is 2.10. The summed E-state index contributed by atoms with van der Waals surface area (Å²) in [5.74, 6) is -1.89. The fourth-order valence-corrected chi connectivity index (χ4v) is 4.09. The van der Waals surface area contributed by atoms with Crippen LogP contribution >= 0.6 is 23.5 Å². The Morgan fingerprint density at radius 2 is 1.39 bits per heavy atom. The van der Waals surface area contributed by atoms with Crippen molar-refractivity contribution in [2.24, 2.45) is 28.1 Å². The Labute approximate surface area is 222 Å². The van der Waals surface area contributed by atoms with Crippen molar-refractivity contribution in [3.8, 4) is 0 Å². The van der Waals surface area contributed by atoms with E-state index in [1.165, 1.54) is 23.5 Å². The van der Waals surface area contributed by atoms with Gasteiger partial charge in [0.25, 0.3) is 0 Å². The number of guanidine groups is 1. The number of carboxylic acids is 1. The summed E-state index contributed by atoms with van der Waals surface area (Å²) >= 11 is 3.01. The third kappa shape index (κ3) is 13.8. The number of aliphatic imine (C=N–C) groups is 1. The zero-order valence-electron chi connectivity index (χ0n) is 21.6. The molecule has 208 valence electrons. The molecule has 12 nitrogen and oxygen atoms in total. The lowest BCUT2D eigenvalue weighted by atomic mass is 9.98. The van der Waals surface area contributed by atoms with Crippen LogP contribution in [0.4, 0.5) is 0 Å². The van der Waals surface area contributed by atoms with Crippen LogP contribution in [0.15, 0.2) is 4.99 Å². The van der Waals surface area contributed by atoms with Crippen LogP contribution in [0, 0.1) is 5.92 Å². The number of rotatable bonds is 19. The molecule has 0 fully saturated rings. The molecule has 0 saturated carbocycles. The molecule has 0 aliphatic heterocycles. The molecule has 0 spiro atoms. The van der Waals surface area contributed by atoms with Gasteiger partial charge in [-0.25, -0.2) is 4.79 Å². The highest BCUT2D eigenvalue weighted by Gasteiger charge is 2.31. The van der Waals surface area contributed by atoms with E-state index in [2.05, 4.69) is 20.9 Å². The van der Waals surface area contributed by atoms with Crippen LogP contribution in [0.1, 0.15) is 46.0 Å². The maximum atomic E-state index is 13.1. The van der Waals surface area contributed by atoms with Crippen molar-refractivity contribution in [3.63, 3.8) is 0 Å². The summed E-state index contributed by atoms with van der Waals surface area (Å²) in [5.41, 5.74) is 16.5.